The predicted octanol–water partition coefficient (Wildman–Crippen LogP) is 1.00. The number of carbonyl (C=O) groups excluding carboxylic acids is 1. The molecule has 0 aliphatic heterocycles. The summed E-state index contributed by atoms with van der Waals surface area (Å²) in [5, 5.41) is 2.90. The lowest BCUT2D eigenvalue weighted by molar-refractivity contribution is 0.0972. The van der Waals surface area contributed by atoms with E-state index in [2.05, 4.69) is 10.3 Å². The summed E-state index contributed by atoms with van der Waals surface area (Å²) in [5.41, 5.74) is 11.9. The Bertz CT molecular complexity index is 739. The monoisotopic (exact) mass is 332 g/mol. The third kappa shape index (κ3) is 4.42. The zero-order valence-electron chi connectivity index (χ0n) is 13.5. The van der Waals surface area contributed by atoms with Crippen molar-refractivity contribution in [3.8, 4) is 11.5 Å². The molecule has 0 saturated heterocycles. The molecule has 0 aliphatic rings. The van der Waals surface area contributed by atoms with Gasteiger partial charge in [-0.1, -0.05) is 6.07 Å². The van der Waals surface area contributed by atoms with E-state index in [1.54, 1.807) is 20.3 Å². The standard InChI is InChI=1S/C16H20N4O4/c1-22-12-5-3-10(7-14(12)23-2)8-19-16(18)20-9-11-4-6-13(24-11)15(17)21/h3-7H,8-9H2,1-2H3,(H2,17,21)(H3,18,19,20). The number of hydrogen-bond acceptors (Lipinski definition) is 5. The van der Waals surface area contributed by atoms with Crippen molar-refractivity contribution in [1.29, 1.82) is 0 Å². The maximum atomic E-state index is 11.0. The molecule has 8 heteroatoms. The number of amides is 1. The zero-order valence-corrected chi connectivity index (χ0v) is 13.5. The smallest absolute Gasteiger partial charge is 0.284 e. The van der Waals surface area contributed by atoms with E-state index < -0.39 is 5.91 Å². The summed E-state index contributed by atoms with van der Waals surface area (Å²) in [5.74, 6) is 1.56. The fourth-order valence-corrected chi connectivity index (χ4v) is 1.99. The molecule has 1 heterocycles. The number of benzene rings is 1. The zero-order chi connectivity index (χ0) is 17.5. The molecular weight excluding hydrogens is 312 g/mol. The van der Waals surface area contributed by atoms with E-state index in [9.17, 15) is 4.79 Å². The molecule has 0 fully saturated rings. The quantitative estimate of drug-likeness (QED) is 0.513. The molecule has 1 amide bonds. The van der Waals surface area contributed by atoms with Crippen molar-refractivity contribution in [2.24, 2.45) is 16.5 Å². The Morgan fingerprint density at radius 1 is 1.17 bits per heavy atom. The third-order valence-electron chi connectivity index (χ3n) is 3.23. The SMILES string of the molecule is COc1ccc(CN=C(N)NCc2ccc(C(N)=O)o2)cc1OC. The van der Waals surface area contributed by atoms with Gasteiger partial charge in [0.1, 0.15) is 5.76 Å². The van der Waals surface area contributed by atoms with Gasteiger partial charge in [0.05, 0.1) is 27.3 Å². The Labute approximate surface area is 139 Å². The van der Waals surface area contributed by atoms with Gasteiger partial charge in [0.2, 0.25) is 0 Å². The predicted molar refractivity (Wildman–Crippen MR) is 88.9 cm³/mol. The first-order valence-corrected chi connectivity index (χ1v) is 7.16. The minimum Gasteiger partial charge on any atom is -0.493 e. The molecule has 0 spiro atoms. The van der Waals surface area contributed by atoms with Gasteiger partial charge in [-0.2, -0.15) is 0 Å². The summed E-state index contributed by atoms with van der Waals surface area (Å²) in [7, 11) is 3.15. The van der Waals surface area contributed by atoms with Crippen LogP contribution in [0.1, 0.15) is 21.9 Å². The van der Waals surface area contributed by atoms with Crippen molar-refractivity contribution in [2.45, 2.75) is 13.1 Å². The Morgan fingerprint density at radius 3 is 2.54 bits per heavy atom. The van der Waals surface area contributed by atoms with Gasteiger partial charge in [-0.05, 0) is 29.8 Å². The van der Waals surface area contributed by atoms with Gasteiger partial charge in [-0.15, -0.1) is 0 Å². The minimum absolute atomic E-state index is 0.104. The van der Waals surface area contributed by atoms with Gasteiger partial charge in [0.15, 0.2) is 23.2 Å². The Kier molecular flexibility index (Phi) is 5.67. The van der Waals surface area contributed by atoms with Gasteiger partial charge in [0, 0.05) is 0 Å². The second-order valence-electron chi connectivity index (χ2n) is 4.87. The van der Waals surface area contributed by atoms with E-state index in [4.69, 9.17) is 25.4 Å². The van der Waals surface area contributed by atoms with Crippen molar-refractivity contribution < 1.29 is 18.7 Å². The lowest BCUT2D eigenvalue weighted by atomic mass is 10.2. The highest BCUT2D eigenvalue weighted by Crippen LogP contribution is 2.27. The van der Waals surface area contributed by atoms with Crippen LogP contribution in [0.25, 0.3) is 0 Å². The largest absolute Gasteiger partial charge is 0.493 e. The first kappa shape index (κ1) is 17.2. The molecule has 0 atom stereocenters. The number of nitrogens with two attached hydrogens (primary N) is 2. The molecule has 5 N–H and O–H groups in total. The minimum atomic E-state index is -0.614. The molecule has 1 aromatic carbocycles. The van der Waals surface area contributed by atoms with Crippen LogP contribution in [-0.4, -0.2) is 26.1 Å². The van der Waals surface area contributed by atoms with Crippen molar-refractivity contribution in [1.82, 2.24) is 5.32 Å². The second-order valence-corrected chi connectivity index (χ2v) is 4.87. The normalized spacial score (nSPS) is 11.2. The van der Waals surface area contributed by atoms with Gasteiger partial charge < -0.3 is 30.7 Å². The molecule has 128 valence electrons. The molecule has 0 unspecified atom stereocenters. The summed E-state index contributed by atoms with van der Waals surface area (Å²) in [6.45, 7) is 0.679. The number of methoxy groups -OCH3 is 2. The molecule has 8 nitrogen and oxygen atoms in total. The molecular formula is C16H20N4O4. The highest BCUT2D eigenvalue weighted by molar-refractivity contribution is 5.89. The van der Waals surface area contributed by atoms with E-state index >= 15 is 0 Å². The molecule has 0 saturated carbocycles. The number of furan rings is 1. The molecule has 1 aromatic heterocycles. The fraction of sp³-hybridized carbons (Fsp3) is 0.250. The molecule has 24 heavy (non-hydrogen) atoms. The van der Waals surface area contributed by atoms with Crippen molar-refractivity contribution in [2.75, 3.05) is 14.2 Å². The third-order valence-corrected chi connectivity index (χ3v) is 3.23. The lowest BCUT2D eigenvalue weighted by Gasteiger charge is -2.09. The molecule has 0 aliphatic carbocycles. The summed E-state index contributed by atoms with van der Waals surface area (Å²) in [6, 6.07) is 8.68. The number of nitrogens with zero attached hydrogens (tertiary/aromatic N) is 1. The van der Waals surface area contributed by atoms with Crippen LogP contribution in [0.5, 0.6) is 11.5 Å². The lowest BCUT2D eigenvalue weighted by Crippen LogP contribution is -2.31. The van der Waals surface area contributed by atoms with Gasteiger partial charge in [0.25, 0.3) is 5.91 Å². The highest BCUT2D eigenvalue weighted by Gasteiger charge is 2.07. The number of ether oxygens (including phenoxy) is 2. The average Bonchev–Trinajstić information content (AvgIpc) is 3.07. The number of primary amides is 1. The van der Waals surface area contributed by atoms with Crippen molar-refractivity contribution >= 4 is 11.9 Å². The number of guanidine groups is 1. The van der Waals surface area contributed by atoms with E-state index in [1.165, 1.54) is 6.07 Å². The van der Waals surface area contributed by atoms with Crippen molar-refractivity contribution in [3.63, 3.8) is 0 Å². The maximum absolute atomic E-state index is 11.0. The molecule has 0 bridgehead atoms. The fourth-order valence-electron chi connectivity index (χ4n) is 1.99. The Hall–Kier alpha value is -3.16. The number of aliphatic imine (C=N–C) groups is 1. The van der Waals surface area contributed by atoms with Gasteiger partial charge in [-0.25, -0.2) is 4.99 Å². The maximum Gasteiger partial charge on any atom is 0.284 e. The second kappa shape index (κ2) is 7.91. The van der Waals surface area contributed by atoms with E-state index in [-0.39, 0.29) is 11.7 Å². The summed E-state index contributed by atoms with van der Waals surface area (Å²) < 4.78 is 15.7. The van der Waals surface area contributed by atoms with Crippen LogP contribution < -0.4 is 26.3 Å². The number of nitrogens with one attached hydrogen (secondary N) is 1. The first-order valence-electron chi connectivity index (χ1n) is 7.16. The summed E-state index contributed by atoms with van der Waals surface area (Å²) in [4.78, 5) is 15.2. The number of carbonyl (C=O) groups is 1. The summed E-state index contributed by atoms with van der Waals surface area (Å²) in [6.07, 6.45) is 0. The van der Waals surface area contributed by atoms with Crippen LogP contribution in [-0.2, 0) is 13.1 Å². The van der Waals surface area contributed by atoms with Crippen LogP contribution in [0.4, 0.5) is 0 Å². The van der Waals surface area contributed by atoms with Crippen LogP contribution >= 0.6 is 0 Å². The van der Waals surface area contributed by atoms with Crippen LogP contribution in [0.15, 0.2) is 39.7 Å². The van der Waals surface area contributed by atoms with Crippen LogP contribution in [0.2, 0.25) is 0 Å². The number of rotatable bonds is 7. The molecule has 2 aromatic rings. The van der Waals surface area contributed by atoms with Crippen LogP contribution in [0.3, 0.4) is 0 Å². The van der Waals surface area contributed by atoms with Crippen LogP contribution in [0, 0.1) is 0 Å². The van der Waals surface area contributed by atoms with Gasteiger partial charge in [-0.3, -0.25) is 4.79 Å². The molecule has 2 rings (SSSR count). The Balaban J connectivity index is 1.92. The topological polar surface area (TPSA) is 125 Å². The van der Waals surface area contributed by atoms with Gasteiger partial charge >= 0.3 is 0 Å². The average molecular weight is 332 g/mol. The van der Waals surface area contributed by atoms with E-state index in [0.29, 0.717) is 30.3 Å². The Morgan fingerprint density at radius 2 is 1.92 bits per heavy atom. The van der Waals surface area contributed by atoms with Crippen molar-refractivity contribution in [3.05, 3.63) is 47.4 Å². The molecule has 0 radical (unpaired) electrons. The highest BCUT2D eigenvalue weighted by atomic mass is 16.5. The first-order chi connectivity index (χ1) is 11.5. The summed E-state index contributed by atoms with van der Waals surface area (Å²) >= 11 is 0. The number of hydrogen-bond donors (Lipinski definition) is 3. The van der Waals surface area contributed by atoms with E-state index in [0.717, 1.165) is 5.56 Å². The van der Waals surface area contributed by atoms with E-state index in [1.807, 2.05) is 18.2 Å².